The van der Waals surface area contributed by atoms with E-state index in [0.717, 1.165) is 0 Å². The highest BCUT2D eigenvalue weighted by molar-refractivity contribution is 9.10. The molecule has 0 aliphatic heterocycles. The third-order valence-corrected chi connectivity index (χ3v) is 2.90. The lowest BCUT2D eigenvalue weighted by Gasteiger charge is -2.22. The summed E-state index contributed by atoms with van der Waals surface area (Å²) in [7, 11) is 4.93. The quantitative estimate of drug-likeness (QED) is 0.911. The molecule has 2 amide bonds. The molecular formula is C11H13BrN2O3. The van der Waals surface area contributed by atoms with Gasteiger partial charge in [0.05, 0.1) is 5.56 Å². The number of benzene rings is 1. The lowest BCUT2D eigenvalue weighted by Crippen LogP contribution is -2.36. The fourth-order valence-corrected chi connectivity index (χ4v) is 1.83. The first-order valence-corrected chi connectivity index (χ1v) is 5.61. The monoisotopic (exact) mass is 300 g/mol. The maximum Gasteiger partial charge on any atom is 0.336 e. The van der Waals surface area contributed by atoms with Crippen LogP contribution < -0.4 is 4.90 Å². The van der Waals surface area contributed by atoms with Crippen LogP contribution in [0.25, 0.3) is 0 Å². The normalized spacial score (nSPS) is 9.88. The van der Waals surface area contributed by atoms with Gasteiger partial charge in [0.15, 0.2) is 0 Å². The minimum atomic E-state index is -1.01. The molecule has 92 valence electrons. The van der Waals surface area contributed by atoms with Crippen molar-refractivity contribution in [3.8, 4) is 0 Å². The third-order valence-electron chi connectivity index (χ3n) is 2.24. The lowest BCUT2D eigenvalue weighted by atomic mass is 10.2. The van der Waals surface area contributed by atoms with Crippen molar-refractivity contribution in [2.75, 3.05) is 26.0 Å². The summed E-state index contributed by atoms with van der Waals surface area (Å²) in [6.07, 6.45) is 0. The van der Waals surface area contributed by atoms with E-state index in [1.54, 1.807) is 33.3 Å². The summed E-state index contributed by atoms with van der Waals surface area (Å²) in [6, 6.07) is 4.47. The number of amides is 2. The van der Waals surface area contributed by atoms with E-state index < -0.39 is 5.97 Å². The Labute approximate surface area is 108 Å². The van der Waals surface area contributed by atoms with Crippen LogP contribution in [-0.2, 0) is 0 Å². The van der Waals surface area contributed by atoms with Gasteiger partial charge >= 0.3 is 12.0 Å². The first kappa shape index (κ1) is 13.5. The van der Waals surface area contributed by atoms with E-state index in [1.807, 2.05) is 0 Å². The van der Waals surface area contributed by atoms with Gasteiger partial charge in [-0.3, -0.25) is 4.90 Å². The second-order valence-electron chi connectivity index (χ2n) is 3.71. The van der Waals surface area contributed by atoms with Crippen molar-refractivity contribution in [2.45, 2.75) is 0 Å². The molecule has 0 aliphatic carbocycles. The zero-order valence-electron chi connectivity index (χ0n) is 9.77. The minimum absolute atomic E-state index is 0.166. The molecule has 0 radical (unpaired) electrons. The van der Waals surface area contributed by atoms with Crippen molar-refractivity contribution >= 4 is 33.6 Å². The van der Waals surface area contributed by atoms with Crippen LogP contribution in [0.4, 0.5) is 10.5 Å². The molecule has 0 atom stereocenters. The van der Waals surface area contributed by atoms with Crippen LogP contribution in [0.3, 0.4) is 0 Å². The van der Waals surface area contributed by atoms with Crippen LogP contribution >= 0.6 is 15.9 Å². The average molecular weight is 301 g/mol. The molecule has 1 aromatic carbocycles. The number of hydrogen-bond donors (Lipinski definition) is 1. The van der Waals surface area contributed by atoms with Gasteiger partial charge in [-0.2, -0.15) is 0 Å². The second kappa shape index (κ2) is 5.18. The number of halogens is 1. The molecule has 0 aliphatic rings. The summed E-state index contributed by atoms with van der Waals surface area (Å²) in [4.78, 5) is 25.4. The van der Waals surface area contributed by atoms with E-state index in [9.17, 15) is 9.59 Å². The van der Waals surface area contributed by atoms with Gasteiger partial charge < -0.3 is 10.0 Å². The summed E-state index contributed by atoms with van der Waals surface area (Å²) in [5.74, 6) is -1.01. The predicted molar refractivity (Wildman–Crippen MR) is 68.6 cm³/mol. The summed E-state index contributed by atoms with van der Waals surface area (Å²) in [5.41, 5.74) is 0.792. The maximum atomic E-state index is 11.7. The van der Waals surface area contributed by atoms with Crippen LogP contribution in [0.15, 0.2) is 22.7 Å². The maximum absolute atomic E-state index is 11.7. The van der Waals surface area contributed by atoms with Crippen molar-refractivity contribution in [1.82, 2.24) is 4.90 Å². The molecule has 6 heteroatoms. The molecule has 0 bridgehead atoms. The van der Waals surface area contributed by atoms with Crippen molar-refractivity contribution in [2.24, 2.45) is 0 Å². The molecule has 0 fully saturated rings. The first-order chi connectivity index (χ1) is 7.84. The smallest absolute Gasteiger partial charge is 0.336 e. The number of rotatable bonds is 2. The summed E-state index contributed by atoms with van der Waals surface area (Å²) in [5, 5.41) is 8.87. The molecule has 0 heterocycles. The molecule has 0 spiro atoms. The molecule has 1 N–H and O–H groups in total. The van der Waals surface area contributed by atoms with Gasteiger partial charge in [-0.15, -0.1) is 0 Å². The predicted octanol–water partition coefficient (Wildman–Crippen LogP) is 2.27. The van der Waals surface area contributed by atoms with E-state index in [1.165, 1.54) is 15.9 Å². The van der Waals surface area contributed by atoms with Gasteiger partial charge in [0.2, 0.25) is 0 Å². The van der Waals surface area contributed by atoms with Crippen LogP contribution in [0.1, 0.15) is 10.4 Å². The van der Waals surface area contributed by atoms with Crippen LogP contribution in [0.5, 0.6) is 0 Å². The highest BCUT2D eigenvalue weighted by Crippen LogP contribution is 2.24. The number of aromatic carboxylic acids is 1. The Kier molecular flexibility index (Phi) is 4.11. The number of hydrogen-bond acceptors (Lipinski definition) is 2. The number of nitrogens with zero attached hydrogens (tertiary/aromatic N) is 2. The number of anilines is 1. The number of carboxylic acids is 1. The zero-order valence-corrected chi connectivity index (χ0v) is 11.4. The Hall–Kier alpha value is -1.56. The SMILES string of the molecule is CN(C)C(=O)N(C)c1ccc(C(=O)O)c(Br)c1. The number of carbonyl (C=O) groups excluding carboxylic acids is 1. The molecule has 0 unspecified atom stereocenters. The highest BCUT2D eigenvalue weighted by atomic mass is 79.9. The largest absolute Gasteiger partial charge is 0.478 e. The zero-order chi connectivity index (χ0) is 13.2. The fraction of sp³-hybridized carbons (Fsp3) is 0.273. The van der Waals surface area contributed by atoms with Gasteiger partial charge in [-0.25, -0.2) is 9.59 Å². The van der Waals surface area contributed by atoms with E-state index in [0.29, 0.717) is 10.2 Å². The Morgan fingerprint density at radius 3 is 2.24 bits per heavy atom. The average Bonchev–Trinajstić information content (AvgIpc) is 2.26. The number of carbonyl (C=O) groups is 2. The Balaban J connectivity index is 3.05. The third kappa shape index (κ3) is 2.97. The van der Waals surface area contributed by atoms with Gasteiger partial charge in [0.25, 0.3) is 0 Å². The van der Waals surface area contributed by atoms with Crippen LogP contribution in [0, 0.1) is 0 Å². The van der Waals surface area contributed by atoms with Crippen molar-refractivity contribution < 1.29 is 14.7 Å². The molecule has 5 nitrogen and oxygen atoms in total. The Bertz CT molecular complexity index is 460. The van der Waals surface area contributed by atoms with Crippen LogP contribution in [-0.4, -0.2) is 43.1 Å². The van der Waals surface area contributed by atoms with Gasteiger partial charge in [-0.1, -0.05) is 0 Å². The summed E-state index contributed by atoms with van der Waals surface area (Å²) in [6.45, 7) is 0. The van der Waals surface area contributed by atoms with E-state index in [2.05, 4.69) is 15.9 Å². The number of carboxylic acid groups (broad SMARTS) is 1. The molecular weight excluding hydrogens is 288 g/mol. The standard InChI is InChI=1S/C11H13BrN2O3/c1-13(2)11(17)14(3)7-4-5-8(10(15)16)9(12)6-7/h4-6H,1-3H3,(H,15,16). The minimum Gasteiger partial charge on any atom is -0.478 e. The van der Waals surface area contributed by atoms with Crippen molar-refractivity contribution in [1.29, 1.82) is 0 Å². The summed E-state index contributed by atoms with van der Waals surface area (Å²) >= 11 is 3.17. The van der Waals surface area contributed by atoms with E-state index >= 15 is 0 Å². The molecule has 1 aromatic rings. The van der Waals surface area contributed by atoms with Crippen molar-refractivity contribution in [3.05, 3.63) is 28.2 Å². The Morgan fingerprint density at radius 1 is 1.24 bits per heavy atom. The number of urea groups is 1. The highest BCUT2D eigenvalue weighted by Gasteiger charge is 2.15. The van der Waals surface area contributed by atoms with E-state index in [4.69, 9.17) is 5.11 Å². The molecule has 0 saturated carbocycles. The fourth-order valence-electron chi connectivity index (χ4n) is 1.30. The van der Waals surface area contributed by atoms with E-state index in [-0.39, 0.29) is 11.6 Å². The van der Waals surface area contributed by atoms with Gasteiger partial charge in [0, 0.05) is 31.3 Å². The first-order valence-electron chi connectivity index (χ1n) is 4.82. The second-order valence-corrected chi connectivity index (χ2v) is 4.56. The van der Waals surface area contributed by atoms with Gasteiger partial charge in [0.1, 0.15) is 0 Å². The van der Waals surface area contributed by atoms with Gasteiger partial charge in [-0.05, 0) is 34.1 Å². The van der Waals surface area contributed by atoms with Crippen molar-refractivity contribution in [3.63, 3.8) is 0 Å². The molecule has 17 heavy (non-hydrogen) atoms. The molecule has 0 saturated heterocycles. The topological polar surface area (TPSA) is 60.9 Å². The molecule has 1 rings (SSSR count). The summed E-state index contributed by atoms with van der Waals surface area (Å²) < 4.78 is 0.445. The Morgan fingerprint density at radius 2 is 1.82 bits per heavy atom. The molecule has 0 aromatic heterocycles. The van der Waals surface area contributed by atoms with Crippen LogP contribution in [0.2, 0.25) is 0 Å². The lowest BCUT2D eigenvalue weighted by molar-refractivity contribution is 0.0696.